The summed E-state index contributed by atoms with van der Waals surface area (Å²) in [5, 5.41) is 2.26. The van der Waals surface area contributed by atoms with Crippen LogP contribution in [0.1, 0.15) is 6.92 Å². The minimum absolute atomic E-state index is 0.0566. The highest BCUT2D eigenvalue weighted by molar-refractivity contribution is 6.10. The van der Waals surface area contributed by atoms with Crippen molar-refractivity contribution in [3.05, 3.63) is 91.1 Å². The first-order valence-electron chi connectivity index (χ1n) is 9.82. The number of furan rings is 1. The molecule has 0 amide bonds. The van der Waals surface area contributed by atoms with Gasteiger partial charge in [-0.25, -0.2) is 4.98 Å². The topological polar surface area (TPSA) is 32.5 Å². The molecule has 0 fully saturated rings. The van der Waals surface area contributed by atoms with E-state index in [9.17, 15) is 0 Å². The largest absolute Gasteiger partial charge is 0.454 e. The van der Waals surface area contributed by atoms with Gasteiger partial charge < -0.3 is 9.32 Å². The quantitative estimate of drug-likeness (QED) is 0.346. The van der Waals surface area contributed by atoms with Crippen LogP contribution in [0.3, 0.4) is 0 Å². The molecule has 3 aromatic carbocycles. The van der Waals surface area contributed by atoms with Gasteiger partial charge in [-0.1, -0.05) is 48.5 Å². The minimum Gasteiger partial charge on any atom is -0.454 e. The highest BCUT2D eigenvalue weighted by atomic mass is 16.3. The zero-order chi connectivity index (χ0) is 19.4. The summed E-state index contributed by atoms with van der Waals surface area (Å²) in [4.78, 5) is 9.34. The second-order valence-electron chi connectivity index (χ2n) is 7.31. The molecule has 0 aliphatic carbocycles. The second-order valence-corrected chi connectivity index (χ2v) is 7.31. The maximum absolute atomic E-state index is 6.31. The van der Waals surface area contributed by atoms with Crippen LogP contribution < -0.4 is 9.80 Å². The fourth-order valence-corrected chi connectivity index (χ4v) is 4.44. The number of anilines is 4. The van der Waals surface area contributed by atoms with E-state index in [-0.39, 0.29) is 6.17 Å². The first-order valence-corrected chi connectivity index (χ1v) is 9.82. The molecule has 0 saturated carbocycles. The molecule has 5 aromatic rings. The highest BCUT2D eigenvalue weighted by Crippen LogP contribution is 2.48. The van der Waals surface area contributed by atoms with Crippen LogP contribution in [0, 0.1) is 0 Å². The van der Waals surface area contributed by atoms with Crippen molar-refractivity contribution in [1.82, 2.24) is 4.98 Å². The average molecular weight is 377 g/mol. The second kappa shape index (κ2) is 6.11. The van der Waals surface area contributed by atoms with Gasteiger partial charge in [-0.05, 0) is 43.3 Å². The van der Waals surface area contributed by atoms with Crippen LogP contribution in [-0.2, 0) is 0 Å². The number of aromatic nitrogens is 1. The molecule has 0 N–H and O–H groups in total. The molecule has 29 heavy (non-hydrogen) atoms. The number of para-hydroxylation sites is 3. The van der Waals surface area contributed by atoms with Gasteiger partial charge in [-0.2, -0.15) is 0 Å². The fourth-order valence-electron chi connectivity index (χ4n) is 4.44. The molecule has 4 heteroatoms. The SMILES string of the molecule is CC1N(c2ccccc2)c2cccnc2N1c1cccc2c1oc1ccccc12. The van der Waals surface area contributed by atoms with Gasteiger partial charge in [0, 0.05) is 22.7 Å². The zero-order valence-electron chi connectivity index (χ0n) is 16.0. The van der Waals surface area contributed by atoms with Crippen LogP contribution in [0.2, 0.25) is 0 Å². The van der Waals surface area contributed by atoms with Gasteiger partial charge >= 0.3 is 0 Å². The number of pyridine rings is 1. The predicted octanol–water partition coefficient (Wildman–Crippen LogP) is 6.62. The maximum Gasteiger partial charge on any atom is 0.159 e. The van der Waals surface area contributed by atoms with Gasteiger partial charge in [0.1, 0.15) is 11.7 Å². The first kappa shape index (κ1) is 16.2. The molecule has 0 bridgehead atoms. The molecule has 140 valence electrons. The average Bonchev–Trinajstić information content (AvgIpc) is 3.29. The van der Waals surface area contributed by atoms with E-state index in [1.807, 2.05) is 30.5 Å². The molecule has 1 aliphatic heterocycles. The lowest BCUT2D eigenvalue weighted by Crippen LogP contribution is -2.35. The Balaban J connectivity index is 1.60. The molecule has 0 saturated heterocycles. The third kappa shape index (κ3) is 2.29. The number of benzene rings is 3. The van der Waals surface area contributed by atoms with Crippen LogP contribution in [0.15, 0.2) is 95.5 Å². The monoisotopic (exact) mass is 377 g/mol. The Kier molecular flexibility index (Phi) is 3.41. The van der Waals surface area contributed by atoms with E-state index in [0.29, 0.717) is 0 Å². The summed E-state index contributed by atoms with van der Waals surface area (Å²) in [5.41, 5.74) is 5.08. The Morgan fingerprint density at radius 2 is 1.48 bits per heavy atom. The van der Waals surface area contributed by atoms with E-state index in [1.54, 1.807) is 0 Å². The zero-order valence-corrected chi connectivity index (χ0v) is 16.0. The van der Waals surface area contributed by atoms with E-state index >= 15 is 0 Å². The summed E-state index contributed by atoms with van der Waals surface area (Å²) in [7, 11) is 0. The highest BCUT2D eigenvalue weighted by Gasteiger charge is 2.37. The summed E-state index contributed by atoms with van der Waals surface area (Å²) in [6, 6.07) is 29.1. The van der Waals surface area contributed by atoms with Crippen molar-refractivity contribution < 1.29 is 4.42 Å². The molecule has 3 heterocycles. The number of nitrogens with zero attached hydrogens (tertiary/aromatic N) is 3. The fraction of sp³-hybridized carbons (Fsp3) is 0.0800. The number of rotatable bonds is 2. The van der Waals surface area contributed by atoms with Crippen molar-refractivity contribution in [3.63, 3.8) is 0 Å². The van der Waals surface area contributed by atoms with Crippen molar-refractivity contribution in [1.29, 1.82) is 0 Å². The van der Waals surface area contributed by atoms with Crippen molar-refractivity contribution in [2.45, 2.75) is 13.1 Å². The Morgan fingerprint density at radius 3 is 2.38 bits per heavy atom. The number of hydrogen-bond donors (Lipinski definition) is 0. The summed E-state index contributed by atoms with van der Waals surface area (Å²) >= 11 is 0. The van der Waals surface area contributed by atoms with E-state index in [2.05, 4.69) is 77.4 Å². The Labute approximate surface area is 168 Å². The van der Waals surface area contributed by atoms with E-state index in [4.69, 9.17) is 9.40 Å². The third-order valence-corrected chi connectivity index (χ3v) is 5.68. The summed E-state index contributed by atoms with van der Waals surface area (Å²) in [6.07, 6.45) is 1.91. The Hall–Kier alpha value is -3.79. The molecule has 4 nitrogen and oxygen atoms in total. The predicted molar refractivity (Wildman–Crippen MR) is 118 cm³/mol. The van der Waals surface area contributed by atoms with Gasteiger partial charge in [0.15, 0.2) is 11.4 Å². The van der Waals surface area contributed by atoms with E-state index in [0.717, 1.165) is 44.8 Å². The molecular formula is C25H19N3O. The van der Waals surface area contributed by atoms with E-state index < -0.39 is 0 Å². The lowest BCUT2D eigenvalue weighted by Gasteiger charge is -2.29. The van der Waals surface area contributed by atoms with Crippen LogP contribution in [0.5, 0.6) is 0 Å². The van der Waals surface area contributed by atoms with Crippen molar-refractivity contribution in [2.24, 2.45) is 0 Å². The minimum atomic E-state index is 0.0566. The molecular weight excluding hydrogens is 358 g/mol. The van der Waals surface area contributed by atoms with Gasteiger partial charge in [-0.3, -0.25) is 4.90 Å². The van der Waals surface area contributed by atoms with Crippen molar-refractivity contribution in [2.75, 3.05) is 9.80 Å². The maximum atomic E-state index is 6.31. The molecule has 0 spiro atoms. The van der Waals surface area contributed by atoms with Gasteiger partial charge in [-0.15, -0.1) is 0 Å². The Morgan fingerprint density at radius 1 is 0.724 bits per heavy atom. The van der Waals surface area contributed by atoms with Crippen molar-refractivity contribution in [3.8, 4) is 0 Å². The van der Waals surface area contributed by atoms with Crippen LogP contribution in [0.4, 0.5) is 22.9 Å². The normalized spacial score (nSPS) is 16.0. The molecule has 0 radical (unpaired) electrons. The summed E-state index contributed by atoms with van der Waals surface area (Å²) in [5.74, 6) is 0.941. The lowest BCUT2D eigenvalue weighted by molar-refractivity contribution is 0.663. The standard InChI is InChI=1S/C25H19N3O/c1-17-27(18-9-3-2-4-10-18)22-14-8-16-26-25(22)28(17)21-13-7-12-20-19-11-5-6-15-23(19)29-24(20)21/h2-17H,1H3. The van der Waals surface area contributed by atoms with Gasteiger partial charge in [0.25, 0.3) is 0 Å². The van der Waals surface area contributed by atoms with E-state index in [1.165, 1.54) is 0 Å². The van der Waals surface area contributed by atoms with Crippen LogP contribution in [0.25, 0.3) is 21.9 Å². The van der Waals surface area contributed by atoms with Gasteiger partial charge in [0.2, 0.25) is 0 Å². The molecule has 2 aromatic heterocycles. The summed E-state index contributed by atoms with van der Waals surface area (Å²) < 4.78 is 6.31. The summed E-state index contributed by atoms with van der Waals surface area (Å²) in [6.45, 7) is 2.20. The third-order valence-electron chi connectivity index (χ3n) is 5.68. The lowest BCUT2D eigenvalue weighted by atomic mass is 10.1. The Bertz CT molecular complexity index is 1340. The van der Waals surface area contributed by atoms with Gasteiger partial charge in [0.05, 0.1) is 11.4 Å². The van der Waals surface area contributed by atoms with Crippen LogP contribution in [-0.4, -0.2) is 11.1 Å². The number of fused-ring (bicyclic) bond motifs is 4. The molecule has 6 rings (SSSR count). The van der Waals surface area contributed by atoms with Crippen molar-refractivity contribution >= 4 is 44.8 Å². The first-order chi connectivity index (χ1) is 14.3. The molecule has 1 unspecified atom stereocenters. The smallest absolute Gasteiger partial charge is 0.159 e. The molecule has 1 atom stereocenters. The van der Waals surface area contributed by atoms with Crippen LogP contribution >= 0.6 is 0 Å². The molecule has 1 aliphatic rings. The number of hydrogen-bond acceptors (Lipinski definition) is 4.